The Morgan fingerprint density at radius 2 is 1.31 bits per heavy atom. The number of amides is 2. The molecule has 2 amide bonds. The minimum atomic E-state index is -0.300. The summed E-state index contributed by atoms with van der Waals surface area (Å²) >= 11 is 0. The topological polar surface area (TPSA) is 100 Å². The zero-order valence-electron chi connectivity index (χ0n) is 19.9. The van der Waals surface area contributed by atoms with Crippen molar-refractivity contribution in [2.75, 3.05) is 28.4 Å². The summed E-state index contributed by atoms with van der Waals surface area (Å²) in [4.78, 5) is 21.3. The molecule has 0 aliphatic heterocycles. The van der Waals surface area contributed by atoms with Gasteiger partial charge in [0, 0.05) is 34.5 Å². The SMILES string of the molecule is CCc1ccc(NC(=O)Nc2ccc(Nc3nc(C)cc(Nc4ccc(OC)cc4)n3)cc2)cc1. The third kappa shape index (κ3) is 6.70. The summed E-state index contributed by atoms with van der Waals surface area (Å²) in [7, 11) is 1.64. The van der Waals surface area contributed by atoms with Crippen LogP contribution in [-0.4, -0.2) is 23.1 Å². The first kappa shape index (κ1) is 23.6. The predicted octanol–water partition coefficient (Wildman–Crippen LogP) is 6.49. The van der Waals surface area contributed by atoms with Crippen molar-refractivity contribution in [1.82, 2.24) is 9.97 Å². The van der Waals surface area contributed by atoms with Crippen molar-refractivity contribution in [2.45, 2.75) is 20.3 Å². The van der Waals surface area contributed by atoms with Gasteiger partial charge in [-0.15, -0.1) is 0 Å². The molecular formula is C27H28N6O2. The second-order valence-corrected chi connectivity index (χ2v) is 7.90. The van der Waals surface area contributed by atoms with Gasteiger partial charge in [0.05, 0.1) is 7.11 Å². The van der Waals surface area contributed by atoms with Gasteiger partial charge in [0.1, 0.15) is 11.6 Å². The summed E-state index contributed by atoms with van der Waals surface area (Å²) in [6.45, 7) is 4.00. The van der Waals surface area contributed by atoms with Crippen LogP contribution in [0.5, 0.6) is 5.75 Å². The van der Waals surface area contributed by atoms with Crippen LogP contribution in [0.4, 0.5) is 39.3 Å². The molecule has 4 aromatic rings. The molecule has 4 rings (SSSR count). The number of methoxy groups -OCH3 is 1. The van der Waals surface area contributed by atoms with E-state index in [0.717, 1.165) is 34.9 Å². The Bertz CT molecular complexity index is 1270. The highest BCUT2D eigenvalue weighted by atomic mass is 16.5. The summed E-state index contributed by atoms with van der Waals surface area (Å²) in [5.41, 5.74) is 5.15. The molecule has 0 atom stereocenters. The quantitative estimate of drug-likeness (QED) is 0.236. The molecule has 0 saturated carbocycles. The van der Waals surface area contributed by atoms with Crippen LogP contribution in [-0.2, 0) is 6.42 Å². The summed E-state index contributed by atoms with van der Waals surface area (Å²) in [5.74, 6) is 1.93. The van der Waals surface area contributed by atoms with Gasteiger partial charge < -0.3 is 26.0 Å². The molecule has 0 aliphatic carbocycles. The van der Waals surface area contributed by atoms with E-state index in [1.165, 1.54) is 5.56 Å². The Morgan fingerprint density at radius 3 is 1.91 bits per heavy atom. The number of ether oxygens (including phenoxy) is 1. The highest BCUT2D eigenvalue weighted by molar-refractivity contribution is 5.99. The number of hydrogen-bond acceptors (Lipinski definition) is 6. The van der Waals surface area contributed by atoms with Crippen LogP contribution >= 0.6 is 0 Å². The summed E-state index contributed by atoms with van der Waals surface area (Å²) in [5, 5.41) is 12.2. The molecular weight excluding hydrogens is 440 g/mol. The number of rotatable bonds is 8. The number of anilines is 6. The van der Waals surface area contributed by atoms with Gasteiger partial charge in [-0.05, 0) is 79.6 Å². The molecule has 3 aromatic carbocycles. The van der Waals surface area contributed by atoms with E-state index < -0.39 is 0 Å². The molecule has 0 aliphatic rings. The number of aromatic nitrogens is 2. The van der Waals surface area contributed by atoms with Crippen molar-refractivity contribution >= 4 is 40.5 Å². The average molecular weight is 469 g/mol. The third-order valence-corrected chi connectivity index (χ3v) is 5.24. The van der Waals surface area contributed by atoms with Gasteiger partial charge in [0.2, 0.25) is 5.95 Å². The molecule has 178 valence electrons. The second kappa shape index (κ2) is 11.0. The van der Waals surface area contributed by atoms with E-state index in [2.05, 4.69) is 38.2 Å². The second-order valence-electron chi connectivity index (χ2n) is 7.90. The molecule has 35 heavy (non-hydrogen) atoms. The minimum absolute atomic E-state index is 0.300. The van der Waals surface area contributed by atoms with Gasteiger partial charge in [-0.1, -0.05) is 19.1 Å². The lowest BCUT2D eigenvalue weighted by Crippen LogP contribution is -2.19. The maximum absolute atomic E-state index is 12.3. The fourth-order valence-electron chi connectivity index (χ4n) is 3.39. The largest absolute Gasteiger partial charge is 0.497 e. The van der Waals surface area contributed by atoms with E-state index in [0.29, 0.717) is 17.5 Å². The number of aryl methyl sites for hydroxylation is 2. The Balaban J connectivity index is 1.36. The zero-order chi connectivity index (χ0) is 24.6. The molecule has 0 saturated heterocycles. The van der Waals surface area contributed by atoms with E-state index in [4.69, 9.17) is 4.74 Å². The Hall–Kier alpha value is -4.59. The highest BCUT2D eigenvalue weighted by Crippen LogP contribution is 2.22. The van der Waals surface area contributed by atoms with Gasteiger partial charge in [0.25, 0.3) is 0 Å². The highest BCUT2D eigenvalue weighted by Gasteiger charge is 2.06. The lowest BCUT2D eigenvalue weighted by Gasteiger charge is -2.11. The summed E-state index contributed by atoms with van der Waals surface area (Å²) in [6.07, 6.45) is 0.959. The third-order valence-electron chi connectivity index (χ3n) is 5.24. The first-order valence-electron chi connectivity index (χ1n) is 11.3. The number of benzene rings is 3. The Morgan fingerprint density at radius 1 is 0.771 bits per heavy atom. The normalized spacial score (nSPS) is 10.4. The maximum Gasteiger partial charge on any atom is 0.323 e. The van der Waals surface area contributed by atoms with Crippen LogP contribution < -0.4 is 26.0 Å². The van der Waals surface area contributed by atoms with Crippen LogP contribution in [0.2, 0.25) is 0 Å². The van der Waals surface area contributed by atoms with Crippen LogP contribution in [0.3, 0.4) is 0 Å². The molecule has 1 heterocycles. The van der Waals surface area contributed by atoms with Crippen molar-refractivity contribution in [3.05, 3.63) is 90.1 Å². The Kier molecular flexibility index (Phi) is 7.42. The monoisotopic (exact) mass is 468 g/mol. The molecule has 0 radical (unpaired) electrons. The molecule has 0 spiro atoms. The van der Waals surface area contributed by atoms with E-state index in [1.807, 2.05) is 85.8 Å². The molecule has 0 bridgehead atoms. The fraction of sp³-hybridized carbons (Fsp3) is 0.148. The molecule has 8 heteroatoms. The van der Waals surface area contributed by atoms with Crippen molar-refractivity contribution in [2.24, 2.45) is 0 Å². The Labute approximate surface area is 204 Å². The lowest BCUT2D eigenvalue weighted by molar-refractivity contribution is 0.262. The van der Waals surface area contributed by atoms with Gasteiger partial charge in [-0.2, -0.15) is 4.98 Å². The van der Waals surface area contributed by atoms with Crippen molar-refractivity contribution in [1.29, 1.82) is 0 Å². The van der Waals surface area contributed by atoms with Gasteiger partial charge in [0.15, 0.2) is 0 Å². The first-order valence-corrected chi connectivity index (χ1v) is 11.3. The number of hydrogen-bond donors (Lipinski definition) is 4. The van der Waals surface area contributed by atoms with Crippen LogP contribution in [0, 0.1) is 6.92 Å². The molecule has 8 nitrogen and oxygen atoms in total. The predicted molar refractivity (Wildman–Crippen MR) is 141 cm³/mol. The standard InChI is InChI=1S/C27H28N6O2/c1-4-19-5-7-22(8-6-19)31-27(34)32-23-11-9-21(10-12-23)30-26-28-18(2)17-25(33-26)29-20-13-15-24(35-3)16-14-20/h5-17H,4H2,1-3H3,(H2,31,32,34)(H2,28,29,30,33). The van der Waals surface area contributed by atoms with E-state index in [1.54, 1.807) is 7.11 Å². The first-order chi connectivity index (χ1) is 17.0. The number of nitrogens with one attached hydrogen (secondary N) is 4. The number of nitrogens with zero attached hydrogens (tertiary/aromatic N) is 2. The van der Waals surface area contributed by atoms with E-state index in [9.17, 15) is 4.79 Å². The van der Waals surface area contributed by atoms with Crippen molar-refractivity contribution in [3.8, 4) is 5.75 Å². The molecule has 0 unspecified atom stereocenters. The van der Waals surface area contributed by atoms with E-state index >= 15 is 0 Å². The maximum atomic E-state index is 12.3. The van der Waals surface area contributed by atoms with Crippen LogP contribution in [0.1, 0.15) is 18.2 Å². The van der Waals surface area contributed by atoms with Crippen LogP contribution in [0.15, 0.2) is 78.9 Å². The van der Waals surface area contributed by atoms with Gasteiger partial charge >= 0.3 is 6.03 Å². The van der Waals surface area contributed by atoms with Crippen LogP contribution in [0.25, 0.3) is 0 Å². The molecule has 0 fully saturated rings. The number of urea groups is 1. The molecule has 1 aromatic heterocycles. The molecule has 4 N–H and O–H groups in total. The zero-order valence-corrected chi connectivity index (χ0v) is 19.9. The van der Waals surface area contributed by atoms with Gasteiger partial charge in [-0.3, -0.25) is 0 Å². The number of carbonyl (C=O) groups excluding carboxylic acids is 1. The fourth-order valence-corrected chi connectivity index (χ4v) is 3.39. The summed E-state index contributed by atoms with van der Waals surface area (Å²) < 4.78 is 5.20. The van der Waals surface area contributed by atoms with E-state index in [-0.39, 0.29) is 6.03 Å². The summed E-state index contributed by atoms with van der Waals surface area (Å²) in [6, 6.07) is 24.3. The number of carbonyl (C=O) groups is 1. The minimum Gasteiger partial charge on any atom is -0.497 e. The van der Waals surface area contributed by atoms with Crippen molar-refractivity contribution in [3.63, 3.8) is 0 Å². The smallest absolute Gasteiger partial charge is 0.323 e. The lowest BCUT2D eigenvalue weighted by atomic mass is 10.1. The van der Waals surface area contributed by atoms with Gasteiger partial charge in [-0.25, -0.2) is 9.78 Å². The van der Waals surface area contributed by atoms with Crippen molar-refractivity contribution < 1.29 is 9.53 Å². The average Bonchev–Trinajstić information content (AvgIpc) is 2.86.